The van der Waals surface area contributed by atoms with Crippen LogP contribution in [0.5, 0.6) is 0 Å². The molecule has 0 atom stereocenters. The van der Waals surface area contributed by atoms with E-state index in [9.17, 15) is 18.0 Å². The summed E-state index contributed by atoms with van der Waals surface area (Å²) in [7, 11) is 0. The molecule has 0 N–H and O–H groups in total. The average molecular weight is 325 g/mol. The Kier molecular flexibility index (Phi) is 5.19. The summed E-state index contributed by atoms with van der Waals surface area (Å²) >= 11 is 2.86. The lowest BCUT2D eigenvalue weighted by atomic mass is 10.1. The Morgan fingerprint density at radius 2 is 2.06 bits per heavy atom. The van der Waals surface area contributed by atoms with E-state index in [1.54, 1.807) is 13.0 Å². The molecule has 2 nitrogen and oxygen atoms in total. The quantitative estimate of drug-likeness (QED) is 0.783. The van der Waals surface area contributed by atoms with Crippen molar-refractivity contribution < 1.29 is 22.7 Å². The monoisotopic (exact) mass is 324 g/mol. The number of benzene rings is 1. The van der Waals surface area contributed by atoms with Crippen molar-refractivity contribution in [2.24, 2.45) is 0 Å². The van der Waals surface area contributed by atoms with Crippen molar-refractivity contribution in [2.45, 2.75) is 25.9 Å². The molecule has 0 heterocycles. The van der Waals surface area contributed by atoms with E-state index in [4.69, 9.17) is 4.74 Å². The second kappa shape index (κ2) is 6.22. The number of aryl methyl sites for hydroxylation is 1. The second-order valence-electron chi connectivity index (χ2n) is 3.62. The van der Waals surface area contributed by atoms with Gasteiger partial charge in [-0.2, -0.15) is 13.2 Å². The summed E-state index contributed by atoms with van der Waals surface area (Å²) in [5.74, 6) is -0.408. The number of hydrogen-bond donors (Lipinski definition) is 0. The van der Waals surface area contributed by atoms with Gasteiger partial charge in [-0.25, -0.2) is 0 Å². The molecular formula is C12H12BrF3O2. The Balaban J connectivity index is 2.77. The lowest BCUT2D eigenvalue weighted by Crippen LogP contribution is -2.08. The first-order valence-corrected chi connectivity index (χ1v) is 6.15. The minimum atomic E-state index is -4.40. The number of alkyl halides is 3. The molecule has 0 radical (unpaired) electrons. The van der Waals surface area contributed by atoms with Gasteiger partial charge in [-0.3, -0.25) is 4.79 Å². The first-order valence-electron chi connectivity index (χ1n) is 5.36. The Morgan fingerprint density at radius 1 is 1.39 bits per heavy atom. The Labute approximate surface area is 111 Å². The molecule has 0 fully saturated rings. The van der Waals surface area contributed by atoms with Gasteiger partial charge in [0.1, 0.15) is 0 Å². The number of hydrogen-bond acceptors (Lipinski definition) is 2. The average Bonchev–Trinajstić information content (AvgIpc) is 2.27. The van der Waals surface area contributed by atoms with Crippen molar-refractivity contribution >= 4 is 21.9 Å². The molecule has 18 heavy (non-hydrogen) atoms. The van der Waals surface area contributed by atoms with Crippen LogP contribution >= 0.6 is 15.9 Å². The number of rotatable bonds is 4. The van der Waals surface area contributed by atoms with Crippen LogP contribution in [0, 0.1) is 0 Å². The first-order chi connectivity index (χ1) is 8.34. The largest absolute Gasteiger partial charge is 0.466 e. The molecule has 0 saturated heterocycles. The Morgan fingerprint density at radius 3 is 2.61 bits per heavy atom. The normalized spacial score (nSPS) is 11.4. The van der Waals surface area contributed by atoms with Crippen LogP contribution in [0.4, 0.5) is 13.2 Å². The minimum absolute atomic E-state index is 0.00474. The third kappa shape index (κ3) is 4.33. The molecule has 0 aliphatic heterocycles. The molecular weight excluding hydrogens is 313 g/mol. The SMILES string of the molecule is CCOC(=O)CCc1ccc(Br)c(C(F)(F)F)c1. The highest BCUT2D eigenvalue weighted by atomic mass is 79.9. The highest BCUT2D eigenvalue weighted by molar-refractivity contribution is 9.10. The smallest absolute Gasteiger partial charge is 0.417 e. The van der Waals surface area contributed by atoms with Crippen LogP contribution < -0.4 is 0 Å². The molecule has 6 heteroatoms. The van der Waals surface area contributed by atoms with E-state index in [0.29, 0.717) is 5.56 Å². The maximum absolute atomic E-state index is 12.6. The topological polar surface area (TPSA) is 26.3 Å². The van der Waals surface area contributed by atoms with Crippen molar-refractivity contribution in [2.75, 3.05) is 6.61 Å². The van der Waals surface area contributed by atoms with Gasteiger partial charge in [-0.15, -0.1) is 0 Å². The van der Waals surface area contributed by atoms with Gasteiger partial charge in [0.2, 0.25) is 0 Å². The van der Waals surface area contributed by atoms with Gasteiger partial charge in [-0.1, -0.05) is 22.0 Å². The summed E-state index contributed by atoms with van der Waals surface area (Å²) in [5.41, 5.74) is -0.276. The van der Waals surface area contributed by atoms with Crippen LogP contribution in [0.2, 0.25) is 0 Å². The first kappa shape index (κ1) is 15.0. The molecule has 0 amide bonds. The zero-order valence-corrected chi connectivity index (χ0v) is 11.3. The van der Waals surface area contributed by atoms with Gasteiger partial charge < -0.3 is 4.74 Å². The number of carbonyl (C=O) groups is 1. The molecule has 1 aromatic rings. The Bertz CT molecular complexity index is 430. The molecule has 100 valence electrons. The third-order valence-corrected chi connectivity index (χ3v) is 2.95. The number of halogens is 4. The molecule has 0 aliphatic rings. The van der Waals surface area contributed by atoms with E-state index in [2.05, 4.69) is 15.9 Å². The van der Waals surface area contributed by atoms with Crippen molar-refractivity contribution in [3.63, 3.8) is 0 Å². The van der Waals surface area contributed by atoms with E-state index >= 15 is 0 Å². The van der Waals surface area contributed by atoms with Gasteiger partial charge in [0.25, 0.3) is 0 Å². The second-order valence-corrected chi connectivity index (χ2v) is 4.47. The van der Waals surface area contributed by atoms with E-state index in [-0.39, 0.29) is 23.9 Å². The summed E-state index contributed by atoms with van der Waals surface area (Å²) in [6.07, 6.45) is -4.10. The molecule has 0 unspecified atom stereocenters. The summed E-state index contributed by atoms with van der Waals surface area (Å²) < 4.78 is 42.6. The summed E-state index contributed by atoms with van der Waals surface area (Å²) in [6, 6.07) is 3.94. The van der Waals surface area contributed by atoms with Crippen LogP contribution in [-0.4, -0.2) is 12.6 Å². The molecule has 0 aromatic heterocycles. The van der Waals surface area contributed by atoms with Crippen molar-refractivity contribution in [3.05, 3.63) is 33.8 Å². The molecule has 0 spiro atoms. The minimum Gasteiger partial charge on any atom is -0.466 e. The maximum Gasteiger partial charge on any atom is 0.417 e. The highest BCUT2D eigenvalue weighted by Gasteiger charge is 2.33. The van der Waals surface area contributed by atoms with E-state index < -0.39 is 17.7 Å². The van der Waals surface area contributed by atoms with Crippen LogP contribution in [-0.2, 0) is 22.1 Å². The van der Waals surface area contributed by atoms with E-state index in [0.717, 1.165) is 6.07 Å². The fraction of sp³-hybridized carbons (Fsp3) is 0.417. The van der Waals surface area contributed by atoms with Crippen LogP contribution in [0.15, 0.2) is 22.7 Å². The van der Waals surface area contributed by atoms with E-state index in [1.165, 1.54) is 6.07 Å². The van der Waals surface area contributed by atoms with Crippen LogP contribution in [0.3, 0.4) is 0 Å². The fourth-order valence-electron chi connectivity index (χ4n) is 1.42. The molecule has 0 aliphatic carbocycles. The third-order valence-electron chi connectivity index (χ3n) is 2.26. The highest BCUT2D eigenvalue weighted by Crippen LogP contribution is 2.35. The fourth-order valence-corrected chi connectivity index (χ4v) is 1.90. The lowest BCUT2D eigenvalue weighted by molar-refractivity contribution is -0.143. The number of esters is 1. The number of ether oxygens (including phenoxy) is 1. The summed E-state index contributed by atoms with van der Waals surface area (Å²) in [4.78, 5) is 11.1. The zero-order chi connectivity index (χ0) is 13.8. The lowest BCUT2D eigenvalue weighted by Gasteiger charge is -2.11. The molecule has 1 rings (SSSR count). The van der Waals surface area contributed by atoms with Crippen molar-refractivity contribution in [1.29, 1.82) is 0 Å². The van der Waals surface area contributed by atoms with Crippen LogP contribution in [0.25, 0.3) is 0 Å². The van der Waals surface area contributed by atoms with Crippen LogP contribution in [0.1, 0.15) is 24.5 Å². The maximum atomic E-state index is 12.6. The van der Waals surface area contributed by atoms with Gasteiger partial charge in [0.15, 0.2) is 0 Å². The number of carbonyl (C=O) groups excluding carboxylic acids is 1. The predicted molar refractivity (Wildman–Crippen MR) is 64.1 cm³/mol. The molecule has 0 bridgehead atoms. The van der Waals surface area contributed by atoms with Gasteiger partial charge in [0, 0.05) is 10.9 Å². The Hall–Kier alpha value is -1.04. The standard InChI is InChI=1S/C12H12BrF3O2/c1-2-18-11(17)6-4-8-3-5-10(13)9(7-8)12(14,15)16/h3,5,7H,2,4,6H2,1H3. The zero-order valence-electron chi connectivity index (χ0n) is 9.68. The van der Waals surface area contributed by atoms with Gasteiger partial charge >= 0.3 is 12.1 Å². The van der Waals surface area contributed by atoms with Gasteiger partial charge in [0.05, 0.1) is 12.2 Å². The van der Waals surface area contributed by atoms with Crippen molar-refractivity contribution in [1.82, 2.24) is 0 Å². The van der Waals surface area contributed by atoms with Gasteiger partial charge in [-0.05, 0) is 31.0 Å². The summed E-state index contributed by atoms with van der Waals surface area (Å²) in [6.45, 7) is 1.95. The molecule has 1 aromatic carbocycles. The van der Waals surface area contributed by atoms with Crippen molar-refractivity contribution in [3.8, 4) is 0 Å². The predicted octanol–water partition coefficient (Wildman–Crippen LogP) is 3.96. The summed E-state index contributed by atoms with van der Waals surface area (Å²) in [5, 5.41) is 0. The van der Waals surface area contributed by atoms with E-state index in [1.807, 2.05) is 0 Å². The molecule has 0 saturated carbocycles.